The Morgan fingerprint density at radius 2 is 1.57 bits per heavy atom. The zero-order chi connectivity index (χ0) is 10.2. The zero-order valence-electron chi connectivity index (χ0n) is 8.15. The van der Waals surface area contributed by atoms with Gasteiger partial charge in [-0.2, -0.15) is 12.7 Å². The largest absolute Gasteiger partial charge is 0.317 e. The molecule has 1 saturated carbocycles. The summed E-state index contributed by atoms with van der Waals surface area (Å²) in [5.74, 6) is 0. The van der Waals surface area contributed by atoms with Gasteiger partial charge in [-0.1, -0.05) is 0 Å². The molecular formula is C8H17N3O2S. The first-order valence-corrected chi connectivity index (χ1v) is 6.61. The highest BCUT2D eigenvalue weighted by Gasteiger charge is 2.40. The zero-order valence-corrected chi connectivity index (χ0v) is 8.96. The molecule has 1 saturated heterocycles. The Kier molecular flexibility index (Phi) is 2.79. The van der Waals surface area contributed by atoms with Crippen LogP contribution in [0.15, 0.2) is 0 Å². The molecule has 2 rings (SSSR count). The van der Waals surface area contributed by atoms with E-state index in [4.69, 9.17) is 5.14 Å². The first kappa shape index (κ1) is 10.4. The van der Waals surface area contributed by atoms with Gasteiger partial charge in [0, 0.05) is 12.1 Å². The second-order valence-corrected chi connectivity index (χ2v) is 5.54. The van der Waals surface area contributed by atoms with Crippen LogP contribution in [0.1, 0.15) is 25.7 Å². The van der Waals surface area contributed by atoms with Gasteiger partial charge in [0.15, 0.2) is 0 Å². The summed E-state index contributed by atoms with van der Waals surface area (Å²) >= 11 is 0. The molecular weight excluding hydrogens is 202 g/mol. The number of rotatable bonds is 3. The maximum atomic E-state index is 11.4. The molecule has 1 aliphatic heterocycles. The van der Waals surface area contributed by atoms with Crippen molar-refractivity contribution in [2.75, 3.05) is 13.1 Å². The summed E-state index contributed by atoms with van der Waals surface area (Å²) in [5, 5.41) is 8.45. The Bertz CT molecular complexity index is 294. The standard InChI is InChI=1S/C8H17N3O2S/c9-14(12,13)11(7-1-2-7)8-3-5-10-6-4-8/h7-8,10H,1-6H2,(H2,9,12,13). The van der Waals surface area contributed by atoms with E-state index in [0.717, 1.165) is 38.8 Å². The molecule has 5 nitrogen and oxygen atoms in total. The smallest absolute Gasteiger partial charge is 0.277 e. The average molecular weight is 219 g/mol. The molecule has 1 heterocycles. The summed E-state index contributed by atoms with van der Waals surface area (Å²) in [7, 11) is -3.50. The SMILES string of the molecule is NS(=O)(=O)N(C1CCNCC1)C1CC1. The van der Waals surface area contributed by atoms with Gasteiger partial charge in [-0.3, -0.25) is 0 Å². The first-order valence-electron chi connectivity index (χ1n) is 5.11. The van der Waals surface area contributed by atoms with Crippen molar-refractivity contribution in [2.24, 2.45) is 5.14 Å². The van der Waals surface area contributed by atoms with E-state index in [1.165, 1.54) is 4.31 Å². The van der Waals surface area contributed by atoms with Gasteiger partial charge in [0.25, 0.3) is 10.2 Å². The van der Waals surface area contributed by atoms with Crippen LogP contribution in [0.25, 0.3) is 0 Å². The minimum atomic E-state index is -3.50. The van der Waals surface area contributed by atoms with Gasteiger partial charge in [0.2, 0.25) is 0 Å². The van der Waals surface area contributed by atoms with Crippen LogP contribution in [-0.4, -0.2) is 37.9 Å². The van der Waals surface area contributed by atoms with Crippen molar-refractivity contribution in [1.29, 1.82) is 0 Å². The summed E-state index contributed by atoms with van der Waals surface area (Å²) < 4.78 is 24.3. The minimum absolute atomic E-state index is 0.124. The van der Waals surface area contributed by atoms with Crippen LogP contribution in [0.2, 0.25) is 0 Å². The van der Waals surface area contributed by atoms with Gasteiger partial charge in [0.1, 0.15) is 0 Å². The van der Waals surface area contributed by atoms with Gasteiger partial charge in [0.05, 0.1) is 0 Å². The van der Waals surface area contributed by atoms with E-state index in [1.54, 1.807) is 0 Å². The molecule has 0 spiro atoms. The Morgan fingerprint density at radius 3 is 2.00 bits per heavy atom. The van der Waals surface area contributed by atoms with Crippen molar-refractivity contribution in [3.8, 4) is 0 Å². The van der Waals surface area contributed by atoms with Crippen LogP contribution in [-0.2, 0) is 10.2 Å². The number of hydrogen-bond donors (Lipinski definition) is 2. The molecule has 0 aromatic heterocycles. The van der Waals surface area contributed by atoms with Gasteiger partial charge >= 0.3 is 0 Å². The van der Waals surface area contributed by atoms with E-state index in [-0.39, 0.29) is 12.1 Å². The molecule has 0 atom stereocenters. The molecule has 3 N–H and O–H groups in total. The van der Waals surface area contributed by atoms with Crippen LogP contribution in [0, 0.1) is 0 Å². The Balaban J connectivity index is 2.09. The summed E-state index contributed by atoms with van der Waals surface area (Å²) in [4.78, 5) is 0. The first-order chi connectivity index (χ1) is 6.59. The van der Waals surface area contributed by atoms with Crippen molar-refractivity contribution >= 4 is 10.2 Å². The molecule has 82 valence electrons. The second-order valence-electron chi connectivity index (χ2n) is 4.09. The fourth-order valence-electron chi connectivity index (χ4n) is 2.10. The summed E-state index contributed by atoms with van der Waals surface area (Å²) in [6.07, 6.45) is 3.71. The predicted octanol–water partition coefficient (Wildman–Crippen LogP) is -0.594. The molecule has 0 bridgehead atoms. The van der Waals surface area contributed by atoms with E-state index < -0.39 is 10.2 Å². The summed E-state index contributed by atoms with van der Waals surface area (Å²) in [6.45, 7) is 1.78. The van der Waals surface area contributed by atoms with Crippen LogP contribution in [0.5, 0.6) is 0 Å². The lowest BCUT2D eigenvalue weighted by Gasteiger charge is -2.32. The maximum Gasteiger partial charge on any atom is 0.277 e. The third kappa shape index (κ3) is 2.25. The molecule has 2 fully saturated rings. The van der Waals surface area contributed by atoms with E-state index in [2.05, 4.69) is 5.32 Å². The number of nitrogens with one attached hydrogen (secondary N) is 1. The number of nitrogens with zero attached hydrogens (tertiary/aromatic N) is 1. The van der Waals surface area contributed by atoms with Crippen LogP contribution >= 0.6 is 0 Å². The Labute approximate surface area is 84.8 Å². The highest BCUT2D eigenvalue weighted by molar-refractivity contribution is 7.86. The van der Waals surface area contributed by atoms with Crippen LogP contribution in [0.3, 0.4) is 0 Å². The lowest BCUT2D eigenvalue weighted by atomic mass is 10.1. The third-order valence-corrected chi connectivity index (χ3v) is 4.05. The predicted molar refractivity (Wildman–Crippen MR) is 53.9 cm³/mol. The van der Waals surface area contributed by atoms with Gasteiger partial charge in [-0.05, 0) is 38.8 Å². The normalized spacial score (nSPS) is 25.6. The van der Waals surface area contributed by atoms with Crippen molar-refractivity contribution in [3.05, 3.63) is 0 Å². The quantitative estimate of drug-likeness (QED) is 0.666. The van der Waals surface area contributed by atoms with Gasteiger partial charge in [-0.25, -0.2) is 5.14 Å². The molecule has 0 aromatic rings. The highest BCUT2D eigenvalue weighted by Crippen LogP contribution is 2.32. The number of piperidine rings is 1. The molecule has 6 heteroatoms. The third-order valence-electron chi connectivity index (χ3n) is 2.87. The van der Waals surface area contributed by atoms with Crippen molar-refractivity contribution in [3.63, 3.8) is 0 Å². The second kappa shape index (κ2) is 3.77. The van der Waals surface area contributed by atoms with E-state index in [9.17, 15) is 8.42 Å². The Morgan fingerprint density at radius 1 is 1.07 bits per heavy atom. The lowest BCUT2D eigenvalue weighted by Crippen LogP contribution is -2.49. The lowest BCUT2D eigenvalue weighted by molar-refractivity contribution is 0.255. The van der Waals surface area contributed by atoms with Crippen molar-refractivity contribution in [2.45, 2.75) is 37.8 Å². The molecule has 0 aromatic carbocycles. The average Bonchev–Trinajstić information content (AvgIpc) is 2.88. The van der Waals surface area contributed by atoms with E-state index in [1.807, 2.05) is 0 Å². The van der Waals surface area contributed by atoms with E-state index >= 15 is 0 Å². The fraction of sp³-hybridized carbons (Fsp3) is 1.00. The summed E-state index contributed by atoms with van der Waals surface area (Å²) in [6, 6.07) is 0.312. The fourth-order valence-corrected chi connectivity index (χ4v) is 3.36. The summed E-state index contributed by atoms with van der Waals surface area (Å²) in [5.41, 5.74) is 0. The highest BCUT2D eigenvalue weighted by atomic mass is 32.2. The minimum Gasteiger partial charge on any atom is -0.317 e. The number of nitrogens with two attached hydrogens (primary N) is 1. The monoisotopic (exact) mass is 219 g/mol. The molecule has 14 heavy (non-hydrogen) atoms. The van der Waals surface area contributed by atoms with Gasteiger partial charge < -0.3 is 5.32 Å². The maximum absolute atomic E-state index is 11.4. The molecule has 0 radical (unpaired) electrons. The Hall–Kier alpha value is -0.170. The molecule has 0 amide bonds. The van der Waals surface area contributed by atoms with Gasteiger partial charge in [-0.15, -0.1) is 0 Å². The van der Waals surface area contributed by atoms with E-state index in [0.29, 0.717) is 0 Å². The van der Waals surface area contributed by atoms with Crippen LogP contribution in [0.4, 0.5) is 0 Å². The number of hydrogen-bond acceptors (Lipinski definition) is 3. The van der Waals surface area contributed by atoms with Crippen molar-refractivity contribution in [1.82, 2.24) is 9.62 Å². The van der Waals surface area contributed by atoms with Crippen molar-refractivity contribution < 1.29 is 8.42 Å². The topological polar surface area (TPSA) is 75.4 Å². The molecule has 0 unspecified atom stereocenters. The van der Waals surface area contributed by atoms with Crippen LogP contribution < -0.4 is 10.5 Å². The molecule has 2 aliphatic rings. The molecule has 1 aliphatic carbocycles.